The highest BCUT2D eigenvalue weighted by Gasteiger charge is 2.15. The van der Waals surface area contributed by atoms with Crippen molar-refractivity contribution in [3.63, 3.8) is 0 Å². The third-order valence-electron chi connectivity index (χ3n) is 3.67. The van der Waals surface area contributed by atoms with E-state index in [1.807, 2.05) is 18.2 Å². The average molecular weight is 297 g/mol. The van der Waals surface area contributed by atoms with Crippen molar-refractivity contribution in [2.75, 3.05) is 6.61 Å². The van der Waals surface area contributed by atoms with Gasteiger partial charge in [0, 0.05) is 19.3 Å². The van der Waals surface area contributed by atoms with Crippen molar-refractivity contribution in [2.45, 2.75) is 13.0 Å². The summed E-state index contributed by atoms with van der Waals surface area (Å²) in [7, 11) is 0. The monoisotopic (exact) mass is 297 g/mol. The minimum absolute atomic E-state index is 0.189. The van der Waals surface area contributed by atoms with Gasteiger partial charge >= 0.3 is 0 Å². The lowest BCUT2D eigenvalue weighted by molar-refractivity contribution is 0.280. The summed E-state index contributed by atoms with van der Waals surface area (Å²) >= 11 is 1.72. The van der Waals surface area contributed by atoms with E-state index in [2.05, 4.69) is 38.7 Å². The number of aryl methyl sites for hydroxylation is 1. The van der Waals surface area contributed by atoms with Crippen LogP contribution in [0, 0.1) is 0 Å². The van der Waals surface area contributed by atoms with Crippen molar-refractivity contribution in [1.29, 1.82) is 0 Å². The minimum Gasteiger partial charge on any atom is -0.396 e. The predicted octanol–water partition coefficient (Wildman–Crippen LogP) is 3.40. The van der Waals surface area contributed by atoms with Gasteiger partial charge in [-0.2, -0.15) is 0 Å². The summed E-state index contributed by atoms with van der Waals surface area (Å²) in [6.45, 7) is 0.956. The predicted molar refractivity (Wildman–Crippen MR) is 85.7 cm³/mol. The molecule has 0 radical (unpaired) electrons. The van der Waals surface area contributed by atoms with Gasteiger partial charge in [0.2, 0.25) is 5.78 Å². The second-order valence-electron chi connectivity index (χ2n) is 4.99. The Morgan fingerprint density at radius 2 is 2.05 bits per heavy atom. The first kappa shape index (κ1) is 12.6. The number of rotatable bonds is 4. The zero-order chi connectivity index (χ0) is 14.2. The van der Waals surface area contributed by atoms with E-state index in [-0.39, 0.29) is 6.61 Å². The summed E-state index contributed by atoms with van der Waals surface area (Å²) in [5.41, 5.74) is 3.28. The standard InChI is InChI=1S/C16H15N3OS/c20-9-4-8-18-14(15-7-3-10-21-15)11-19-13-6-2-1-5-12(13)17-16(18)19/h1-3,5-7,10-11,20H,4,8-9H2. The fourth-order valence-electron chi connectivity index (χ4n) is 2.72. The maximum Gasteiger partial charge on any atom is 0.215 e. The van der Waals surface area contributed by atoms with E-state index < -0.39 is 0 Å². The maximum atomic E-state index is 9.16. The van der Waals surface area contributed by atoms with Gasteiger partial charge in [0.1, 0.15) is 0 Å². The van der Waals surface area contributed by atoms with Crippen LogP contribution in [0.2, 0.25) is 0 Å². The first-order valence-corrected chi connectivity index (χ1v) is 7.87. The fourth-order valence-corrected chi connectivity index (χ4v) is 3.46. The van der Waals surface area contributed by atoms with E-state index in [1.54, 1.807) is 11.3 Å². The van der Waals surface area contributed by atoms with E-state index in [0.717, 1.165) is 35.5 Å². The molecule has 5 heteroatoms. The molecule has 4 aromatic rings. The van der Waals surface area contributed by atoms with Gasteiger partial charge in [-0.3, -0.25) is 4.40 Å². The minimum atomic E-state index is 0.189. The molecule has 3 aromatic heterocycles. The lowest BCUT2D eigenvalue weighted by Gasteiger charge is -2.05. The van der Waals surface area contributed by atoms with Gasteiger partial charge in [-0.1, -0.05) is 18.2 Å². The van der Waals surface area contributed by atoms with Crippen LogP contribution in [-0.4, -0.2) is 25.7 Å². The molecular formula is C16H15N3OS. The number of para-hydroxylation sites is 2. The van der Waals surface area contributed by atoms with Crippen LogP contribution >= 0.6 is 11.3 Å². The second kappa shape index (κ2) is 5.02. The summed E-state index contributed by atoms with van der Waals surface area (Å²) in [6.07, 6.45) is 2.87. The molecule has 0 saturated heterocycles. The molecule has 106 valence electrons. The van der Waals surface area contributed by atoms with Gasteiger partial charge in [0.25, 0.3) is 0 Å². The number of aliphatic hydroxyl groups is 1. The number of aromatic nitrogens is 3. The largest absolute Gasteiger partial charge is 0.396 e. The maximum absolute atomic E-state index is 9.16. The topological polar surface area (TPSA) is 42.5 Å². The zero-order valence-corrected chi connectivity index (χ0v) is 12.3. The van der Waals surface area contributed by atoms with Crippen LogP contribution in [0.5, 0.6) is 0 Å². The number of benzene rings is 1. The van der Waals surface area contributed by atoms with Gasteiger partial charge in [0.15, 0.2) is 0 Å². The molecular weight excluding hydrogens is 282 g/mol. The third-order valence-corrected chi connectivity index (χ3v) is 4.57. The highest BCUT2D eigenvalue weighted by molar-refractivity contribution is 7.13. The lowest BCUT2D eigenvalue weighted by atomic mass is 10.3. The van der Waals surface area contributed by atoms with Gasteiger partial charge in [0.05, 0.1) is 21.6 Å². The lowest BCUT2D eigenvalue weighted by Crippen LogP contribution is -2.02. The Morgan fingerprint density at radius 3 is 2.86 bits per heavy atom. The smallest absolute Gasteiger partial charge is 0.215 e. The normalized spacial score (nSPS) is 11.7. The molecule has 0 fully saturated rings. The number of hydrogen-bond acceptors (Lipinski definition) is 3. The Balaban J connectivity index is 1.99. The summed E-state index contributed by atoms with van der Waals surface area (Å²) < 4.78 is 4.34. The summed E-state index contributed by atoms with van der Waals surface area (Å²) in [6, 6.07) is 12.3. The Labute approximate surface area is 125 Å². The quantitative estimate of drug-likeness (QED) is 0.627. The van der Waals surface area contributed by atoms with E-state index in [9.17, 15) is 0 Å². The number of fused-ring (bicyclic) bond motifs is 3. The zero-order valence-electron chi connectivity index (χ0n) is 11.4. The Hall–Kier alpha value is -2.11. The molecule has 1 N–H and O–H groups in total. The molecule has 3 heterocycles. The SMILES string of the molecule is OCCCn1c(-c2cccs2)cn2c3ccccc3nc12. The number of imidazole rings is 2. The fraction of sp³-hybridized carbons (Fsp3) is 0.188. The number of hydrogen-bond donors (Lipinski definition) is 1. The number of aliphatic hydroxyl groups excluding tert-OH is 1. The second-order valence-corrected chi connectivity index (χ2v) is 5.94. The molecule has 0 amide bonds. The van der Waals surface area contributed by atoms with Gasteiger partial charge in [-0.25, -0.2) is 4.98 Å². The molecule has 1 aromatic carbocycles. The van der Waals surface area contributed by atoms with Crippen molar-refractivity contribution < 1.29 is 5.11 Å². The first-order chi connectivity index (χ1) is 10.4. The van der Waals surface area contributed by atoms with Gasteiger partial charge in [-0.05, 0) is 30.0 Å². The molecule has 4 nitrogen and oxygen atoms in total. The van der Waals surface area contributed by atoms with Crippen LogP contribution in [0.25, 0.3) is 27.4 Å². The molecule has 0 spiro atoms. The summed E-state index contributed by atoms with van der Waals surface area (Å²) in [4.78, 5) is 5.97. The molecule has 0 aliphatic rings. The van der Waals surface area contributed by atoms with Crippen molar-refractivity contribution in [1.82, 2.24) is 14.0 Å². The van der Waals surface area contributed by atoms with Gasteiger partial charge in [-0.15, -0.1) is 11.3 Å². The summed E-state index contributed by atoms with van der Waals surface area (Å²) in [5, 5.41) is 11.2. The Morgan fingerprint density at radius 1 is 1.14 bits per heavy atom. The molecule has 0 aliphatic carbocycles. The van der Waals surface area contributed by atoms with Crippen LogP contribution in [-0.2, 0) is 6.54 Å². The van der Waals surface area contributed by atoms with Crippen LogP contribution in [0.3, 0.4) is 0 Å². The van der Waals surface area contributed by atoms with Crippen molar-refractivity contribution in [3.8, 4) is 10.6 Å². The highest BCUT2D eigenvalue weighted by Crippen LogP contribution is 2.29. The first-order valence-electron chi connectivity index (χ1n) is 6.99. The molecule has 0 atom stereocenters. The highest BCUT2D eigenvalue weighted by atomic mass is 32.1. The van der Waals surface area contributed by atoms with Crippen molar-refractivity contribution in [3.05, 3.63) is 48.0 Å². The van der Waals surface area contributed by atoms with Crippen LogP contribution < -0.4 is 0 Å². The van der Waals surface area contributed by atoms with Crippen LogP contribution in [0.4, 0.5) is 0 Å². The Bertz CT molecular complexity index is 889. The average Bonchev–Trinajstić information content (AvgIpc) is 3.20. The molecule has 21 heavy (non-hydrogen) atoms. The Kier molecular flexibility index (Phi) is 3.02. The van der Waals surface area contributed by atoms with Crippen LogP contribution in [0.1, 0.15) is 6.42 Å². The number of thiophene rings is 1. The van der Waals surface area contributed by atoms with E-state index in [0.29, 0.717) is 0 Å². The van der Waals surface area contributed by atoms with Crippen molar-refractivity contribution in [2.24, 2.45) is 0 Å². The van der Waals surface area contributed by atoms with Gasteiger partial charge < -0.3 is 9.67 Å². The molecule has 4 rings (SSSR count). The molecule has 0 aliphatic heterocycles. The number of nitrogens with zero attached hydrogens (tertiary/aromatic N) is 3. The van der Waals surface area contributed by atoms with Crippen molar-refractivity contribution >= 4 is 28.1 Å². The van der Waals surface area contributed by atoms with E-state index in [4.69, 9.17) is 10.1 Å². The third kappa shape index (κ3) is 1.97. The molecule has 0 bridgehead atoms. The summed E-state index contributed by atoms with van der Waals surface area (Å²) in [5.74, 6) is 0.938. The molecule has 0 saturated carbocycles. The van der Waals surface area contributed by atoms with Crippen LogP contribution in [0.15, 0.2) is 48.0 Å². The van der Waals surface area contributed by atoms with E-state index in [1.165, 1.54) is 4.88 Å². The van der Waals surface area contributed by atoms with E-state index >= 15 is 0 Å². The molecule has 0 unspecified atom stereocenters.